The van der Waals surface area contributed by atoms with Crippen molar-refractivity contribution >= 4 is 12.0 Å². The number of hydrogen-bond donors (Lipinski definition) is 3. The quantitative estimate of drug-likeness (QED) is 0.701. The molecule has 0 radical (unpaired) electrons. The standard InChI is InChI=1S/C12H22N2O4/c1-8(10(15)16)9(2)13-11(17)14-12(3)5-4-6-18-7-12/h8-9H,4-7H2,1-3H3,(H,15,16)(H2,13,14,17). The van der Waals surface area contributed by atoms with Gasteiger partial charge in [0.2, 0.25) is 0 Å². The van der Waals surface area contributed by atoms with E-state index in [1.54, 1.807) is 13.8 Å². The Balaban J connectivity index is 2.43. The fraction of sp³-hybridized carbons (Fsp3) is 0.833. The molecule has 1 fully saturated rings. The Morgan fingerprint density at radius 2 is 2.06 bits per heavy atom. The summed E-state index contributed by atoms with van der Waals surface area (Å²) < 4.78 is 5.34. The van der Waals surface area contributed by atoms with Gasteiger partial charge in [0.05, 0.1) is 18.1 Å². The van der Waals surface area contributed by atoms with Crippen molar-refractivity contribution in [3.63, 3.8) is 0 Å². The number of carboxylic acid groups (broad SMARTS) is 1. The summed E-state index contributed by atoms with van der Waals surface area (Å²) in [5, 5.41) is 14.3. The first-order valence-corrected chi connectivity index (χ1v) is 6.23. The molecule has 6 nitrogen and oxygen atoms in total. The Hall–Kier alpha value is -1.30. The number of hydrogen-bond acceptors (Lipinski definition) is 3. The first-order chi connectivity index (χ1) is 8.34. The molecule has 3 atom stereocenters. The molecule has 18 heavy (non-hydrogen) atoms. The lowest BCUT2D eigenvalue weighted by atomic mass is 9.95. The molecule has 1 saturated heterocycles. The normalized spacial score (nSPS) is 27.1. The minimum absolute atomic E-state index is 0.344. The van der Waals surface area contributed by atoms with Gasteiger partial charge in [-0.05, 0) is 33.6 Å². The number of rotatable bonds is 4. The van der Waals surface area contributed by atoms with Crippen LogP contribution in [0.25, 0.3) is 0 Å². The molecular weight excluding hydrogens is 236 g/mol. The summed E-state index contributed by atoms with van der Waals surface area (Å²) in [6, 6.07) is -0.765. The molecule has 0 saturated carbocycles. The molecule has 0 spiro atoms. The number of nitrogens with one attached hydrogen (secondary N) is 2. The van der Waals surface area contributed by atoms with Crippen molar-refractivity contribution in [3.05, 3.63) is 0 Å². The van der Waals surface area contributed by atoms with E-state index in [2.05, 4.69) is 10.6 Å². The van der Waals surface area contributed by atoms with E-state index in [-0.39, 0.29) is 11.6 Å². The molecule has 0 aromatic carbocycles. The van der Waals surface area contributed by atoms with Crippen molar-refractivity contribution in [2.45, 2.75) is 45.2 Å². The Bertz CT molecular complexity index is 313. The maximum atomic E-state index is 11.8. The maximum absolute atomic E-state index is 11.8. The first-order valence-electron chi connectivity index (χ1n) is 6.23. The number of amides is 2. The van der Waals surface area contributed by atoms with Crippen LogP contribution in [0.2, 0.25) is 0 Å². The third-order valence-electron chi connectivity index (χ3n) is 3.35. The predicted octanol–water partition coefficient (Wildman–Crippen LogP) is 0.964. The largest absolute Gasteiger partial charge is 0.481 e. The van der Waals surface area contributed by atoms with E-state index < -0.39 is 17.9 Å². The van der Waals surface area contributed by atoms with Crippen molar-refractivity contribution < 1.29 is 19.4 Å². The zero-order valence-corrected chi connectivity index (χ0v) is 11.2. The first kappa shape index (κ1) is 14.8. The van der Waals surface area contributed by atoms with E-state index in [0.717, 1.165) is 19.4 Å². The monoisotopic (exact) mass is 258 g/mol. The second-order valence-electron chi connectivity index (χ2n) is 5.23. The van der Waals surface area contributed by atoms with Gasteiger partial charge < -0.3 is 20.5 Å². The summed E-state index contributed by atoms with van der Waals surface area (Å²) in [6.45, 7) is 6.39. The summed E-state index contributed by atoms with van der Waals surface area (Å²) >= 11 is 0. The Morgan fingerprint density at radius 3 is 2.56 bits per heavy atom. The Kier molecular flexibility index (Phi) is 4.95. The third kappa shape index (κ3) is 4.18. The lowest BCUT2D eigenvalue weighted by Crippen LogP contribution is -2.56. The molecule has 3 unspecified atom stereocenters. The minimum Gasteiger partial charge on any atom is -0.481 e. The van der Waals surface area contributed by atoms with Crippen LogP contribution in [0, 0.1) is 5.92 Å². The van der Waals surface area contributed by atoms with Crippen LogP contribution in [0.4, 0.5) is 4.79 Å². The zero-order valence-electron chi connectivity index (χ0n) is 11.2. The number of aliphatic carboxylic acids is 1. The highest BCUT2D eigenvalue weighted by atomic mass is 16.5. The van der Waals surface area contributed by atoms with Crippen molar-refractivity contribution in [1.82, 2.24) is 10.6 Å². The summed E-state index contributed by atoms with van der Waals surface area (Å²) in [5.41, 5.74) is -0.367. The SMILES string of the molecule is CC(NC(=O)NC1(C)CCCOC1)C(C)C(=O)O. The van der Waals surface area contributed by atoms with Crippen LogP contribution in [-0.4, -0.2) is 41.9 Å². The maximum Gasteiger partial charge on any atom is 0.315 e. The molecule has 104 valence electrons. The molecule has 0 aromatic heterocycles. The third-order valence-corrected chi connectivity index (χ3v) is 3.35. The number of carbonyl (C=O) groups is 2. The molecule has 3 N–H and O–H groups in total. The smallest absolute Gasteiger partial charge is 0.315 e. The summed E-state index contributed by atoms with van der Waals surface area (Å²) in [4.78, 5) is 22.6. The highest BCUT2D eigenvalue weighted by Gasteiger charge is 2.30. The van der Waals surface area contributed by atoms with Gasteiger partial charge in [-0.15, -0.1) is 0 Å². The van der Waals surface area contributed by atoms with Crippen LogP contribution >= 0.6 is 0 Å². The van der Waals surface area contributed by atoms with E-state index in [1.807, 2.05) is 6.92 Å². The zero-order chi connectivity index (χ0) is 13.8. The lowest BCUT2D eigenvalue weighted by Gasteiger charge is -2.34. The molecule has 1 rings (SSSR count). The lowest BCUT2D eigenvalue weighted by molar-refractivity contribution is -0.141. The van der Waals surface area contributed by atoms with Crippen LogP contribution in [0.3, 0.4) is 0 Å². The predicted molar refractivity (Wildman–Crippen MR) is 66.4 cm³/mol. The summed E-state index contributed by atoms with van der Waals surface area (Å²) in [7, 11) is 0. The van der Waals surface area contributed by atoms with E-state index in [1.165, 1.54) is 0 Å². The highest BCUT2D eigenvalue weighted by molar-refractivity contribution is 5.77. The number of ether oxygens (including phenoxy) is 1. The van der Waals surface area contributed by atoms with Gasteiger partial charge in [0.15, 0.2) is 0 Å². The summed E-state index contributed by atoms with van der Waals surface area (Å²) in [5.74, 6) is -1.54. The number of urea groups is 1. The fourth-order valence-electron chi connectivity index (χ4n) is 1.89. The van der Waals surface area contributed by atoms with Crippen molar-refractivity contribution in [2.24, 2.45) is 5.92 Å². The molecule has 2 amide bonds. The molecule has 0 aromatic rings. The second-order valence-corrected chi connectivity index (χ2v) is 5.23. The molecule has 1 aliphatic rings. The van der Waals surface area contributed by atoms with Gasteiger partial charge >= 0.3 is 12.0 Å². The molecule has 1 aliphatic heterocycles. The average Bonchev–Trinajstić information content (AvgIpc) is 2.27. The number of carboxylic acids is 1. The van der Waals surface area contributed by atoms with Crippen molar-refractivity contribution in [3.8, 4) is 0 Å². The van der Waals surface area contributed by atoms with Crippen molar-refractivity contribution in [2.75, 3.05) is 13.2 Å². The Labute approximate surface area is 107 Å². The van der Waals surface area contributed by atoms with Gasteiger partial charge in [-0.3, -0.25) is 4.79 Å². The van der Waals surface area contributed by atoms with Gasteiger partial charge in [-0.2, -0.15) is 0 Å². The van der Waals surface area contributed by atoms with Crippen LogP contribution in [-0.2, 0) is 9.53 Å². The van der Waals surface area contributed by atoms with Crippen LogP contribution in [0.1, 0.15) is 33.6 Å². The Morgan fingerprint density at radius 1 is 1.39 bits per heavy atom. The molecule has 0 bridgehead atoms. The molecule has 0 aliphatic carbocycles. The van der Waals surface area contributed by atoms with E-state index in [4.69, 9.17) is 9.84 Å². The molecule has 1 heterocycles. The van der Waals surface area contributed by atoms with Gasteiger partial charge in [-0.25, -0.2) is 4.79 Å². The molecule has 6 heteroatoms. The van der Waals surface area contributed by atoms with Gasteiger partial charge in [0.25, 0.3) is 0 Å². The number of carbonyl (C=O) groups excluding carboxylic acids is 1. The van der Waals surface area contributed by atoms with Gasteiger partial charge in [0.1, 0.15) is 0 Å². The highest BCUT2D eigenvalue weighted by Crippen LogP contribution is 2.18. The molecular formula is C12H22N2O4. The van der Waals surface area contributed by atoms with Crippen LogP contribution in [0.15, 0.2) is 0 Å². The minimum atomic E-state index is -0.921. The second kappa shape index (κ2) is 6.04. The topological polar surface area (TPSA) is 87.7 Å². The fourth-order valence-corrected chi connectivity index (χ4v) is 1.89. The van der Waals surface area contributed by atoms with E-state index in [9.17, 15) is 9.59 Å². The van der Waals surface area contributed by atoms with E-state index >= 15 is 0 Å². The van der Waals surface area contributed by atoms with Gasteiger partial charge in [-0.1, -0.05) is 0 Å². The van der Waals surface area contributed by atoms with Crippen LogP contribution in [0.5, 0.6) is 0 Å². The van der Waals surface area contributed by atoms with Crippen molar-refractivity contribution in [1.29, 1.82) is 0 Å². The van der Waals surface area contributed by atoms with Gasteiger partial charge in [0, 0.05) is 12.6 Å². The summed E-state index contributed by atoms with van der Waals surface area (Å²) in [6.07, 6.45) is 1.78. The van der Waals surface area contributed by atoms with E-state index in [0.29, 0.717) is 6.61 Å². The average molecular weight is 258 g/mol. The van der Waals surface area contributed by atoms with Crippen LogP contribution < -0.4 is 10.6 Å².